The molecule has 0 aliphatic rings. The van der Waals surface area contributed by atoms with Crippen LogP contribution in [0.2, 0.25) is 0 Å². The lowest BCUT2D eigenvalue weighted by Crippen LogP contribution is -2.84. The number of rotatable bonds is 10. The van der Waals surface area contributed by atoms with E-state index in [-0.39, 0.29) is 6.10 Å². The second-order valence-electron chi connectivity index (χ2n) is 7.74. The molecule has 1 heterocycles. The van der Waals surface area contributed by atoms with Crippen LogP contribution in [0.5, 0.6) is 5.75 Å². The van der Waals surface area contributed by atoms with Gasteiger partial charge in [0.25, 0.3) is 0 Å². The van der Waals surface area contributed by atoms with Crippen LogP contribution in [-0.2, 0) is 6.42 Å². The maximum atomic E-state index is 5.82. The highest BCUT2D eigenvalue weighted by atomic mass is 32.1. The SMILES string of the molecule is CC(C)Oc1ccc([C@@H](CC[NH2+][C@@H](C)c2cccs2)Cc2ccccc2)cc1. The van der Waals surface area contributed by atoms with Crippen molar-refractivity contribution in [2.75, 3.05) is 6.54 Å². The summed E-state index contributed by atoms with van der Waals surface area (Å²) in [6.07, 6.45) is 2.45. The Hall–Kier alpha value is -2.10. The summed E-state index contributed by atoms with van der Waals surface area (Å²) in [6.45, 7) is 7.56. The average molecular weight is 395 g/mol. The zero-order chi connectivity index (χ0) is 19.8. The molecule has 2 nitrogen and oxygen atoms in total. The summed E-state index contributed by atoms with van der Waals surface area (Å²) in [6, 6.07) is 24.5. The first-order valence-corrected chi connectivity index (χ1v) is 11.2. The predicted octanol–water partition coefficient (Wildman–Crippen LogP) is 5.58. The molecule has 1 aromatic heterocycles. The lowest BCUT2D eigenvalue weighted by molar-refractivity contribution is -0.692. The molecular formula is C25H32NOS+. The Labute approximate surface area is 173 Å². The fourth-order valence-corrected chi connectivity index (χ4v) is 4.37. The van der Waals surface area contributed by atoms with E-state index in [1.165, 1.54) is 16.0 Å². The van der Waals surface area contributed by atoms with Gasteiger partial charge >= 0.3 is 0 Å². The van der Waals surface area contributed by atoms with Crippen LogP contribution in [0.25, 0.3) is 0 Å². The molecule has 3 rings (SSSR count). The molecule has 2 atom stereocenters. The monoisotopic (exact) mass is 394 g/mol. The molecule has 0 bridgehead atoms. The lowest BCUT2D eigenvalue weighted by atomic mass is 9.89. The second-order valence-corrected chi connectivity index (χ2v) is 8.72. The Kier molecular flexibility index (Phi) is 7.70. The third-order valence-electron chi connectivity index (χ3n) is 5.08. The van der Waals surface area contributed by atoms with E-state index in [0.717, 1.165) is 25.1 Å². The maximum absolute atomic E-state index is 5.82. The number of hydrogen-bond acceptors (Lipinski definition) is 2. The van der Waals surface area contributed by atoms with E-state index in [1.54, 1.807) is 0 Å². The second kappa shape index (κ2) is 10.4. The van der Waals surface area contributed by atoms with Gasteiger partial charge in [0, 0.05) is 6.42 Å². The maximum Gasteiger partial charge on any atom is 0.119 e. The quantitative estimate of drug-likeness (QED) is 0.477. The van der Waals surface area contributed by atoms with Crippen molar-refractivity contribution in [2.45, 2.75) is 51.7 Å². The number of thiophene rings is 1. The normalized spacial score (nSPS) is 13.4. The van der Waals surface area contributed by atoms with Crippen molar-refractivity contribution in [3.05, 3.63) is 88.1 Å². The first-order chi connectivity index (χ1) is 13.6. The molecule has 28 heavy (non-hydrogen) atoms. The Morgan fingerprint density at radius 2 is 1.64 bits per heavy atom. The highest BCUT2D eigenvalue weighted by molar-refractivity contribution is 7.10. The van der Waals surface area contributed by atoms with Crippen LogP contribution in [0.3, 0.4) is 0 Å². The van der Waals surface area contributed by atoms with Gasteiger partial charge in [-0.15, -0.1) is 11.3 Å². The van der Waals surface area contributed by atoms with Crippen molar-refractivity contribution in [1.82, 2.24) is 0 Å². The first-order valence-electron chi connectivity index (χ1n) is 10.3. The Balaban J connectivity index is 1.66. The minimum absolute atomic E-state index is 0.208. The third kappa shape index (κ3) is 6.22. The number of hydrogen-bond donors (Lipinski definition) is 1. The van der Waals surface area contributed by atoms with Gasteiger partial charge in [0.15, 0.2) is 0 Å². The molecule has 0 spiro atoms. The van der Waals surface area contributed by atoms with E-state index in [2.05, 4.69) is 98.2 Å². The van der Waals surface area contributed by atoms with Crippen LogP contribution in [0.4, 0.5) is 0 Å². The smallest absolute Gasteiger partial charge is 0.119 e. The molecule has 148 valence electrons. The Morgan fingerprint density at radius 1 is 0.893 bits per heavy atom. The minimum atomic E-state index is 0.208. The largest absolute Gasteiger partial charge is 0.491 e. The van der Waals surface area contributed by atoms with Crippen molar-refractivity contribution >= 4 is 11.3 Å². The van der Waals surface area contributed by atoms with Crippen LogP contribution in [-0.4, -0.2) is 12.6 Å². The molecule has 3 aromatic rings. The molecular weight excluding hydrogens is 362 g/mol. The number of benzene rings is 2. The van der Waals surface area contributed by atoms with E-state index in [0.29, 0.717) is 12.0 Å². The summed E-state index contributed by atoms with van der Waals surface area (Å²) in [7, 11) is 0. The number of ether oxygens (including phenoxy) is 1. The van der Waals surface area contributed by atoms with E-state index < -0.39 is 0 Å². The Morgan fingerprint density at radius 3 is 2.29 bits per heavy atom. The lowest BCUT2D eigenvalue weighted by Gasteiger charge is -2.19. The van der Waals surface area contributed by atoms with Crippen molar-refractivity contribution in [2.24, 2.45) is 0 Å². The molecule has 0 unspecified atom stereocenters. The fourth-order valence-electron chi connectivity index (χ4n) is 3.59. The first kappa shape index (κ1) is 20.6. The van der Waals surface area contributed by atoms with Crippen molar-refractivity contribution in [3.63, 3.8) is 0 Å². The molecule has 3 heteroatoms. The van der Waals surface area contributed by atoms with E-state index >= 15 is 0 Å². The van der Waals surface area contributed by atoms with E-state index in [9.17, 15) is 0 Å². The average Bonchev–Trinajstić information content (AvgIpc) is 3.23. The van der Waals surface area contributed by atoms with Crippen molar-refractivity contribution in [3.8, 4) is 5.75 Å². The van der Waals surface area contributed by atoms with Crippen LogP contribution in [0.1, 0.15) is 55.2 Å². The highest BCUT2D eigenvalue weighted by Gasteiger charge is 2.16. The molecule has 0 aliphatic carbocycles. The standard InChI is InChI=1S/C25H31NOS/c1-19(2)27-24-13-11-22(12-14-24)23(18-21-8-5-4-6-9-21)15-16-26-20(3)25-10-7-17-28-25/h4-14,17,19-20,23,26H,15-16,18H2,1-3H3/p+1/t20-,23-/m0/s1. The van der Waals surface area contributed by atoms with Crippen LogP contribution in [0.15, 0.2) is 72.1 Å². The van der Waals surface area contributed by atoms with Crippen LogP contribution >= 0.6 is 11.3 Å². The van der Waals surface area contributed by atoms with Crippen LogP contribution in [0, 0.1) is 0 Å². The van der Waals surface area contributed by atoms with Gasteiger partial charge < -0.3 is 10.1 Å². The van der Waals surface area contributed by atoms with Gasteiger partial charge in [0.05, 0.1) is 17.5 Å². The zero-order valence-electron chi connectivity index (χ0n) is 17.2. The van der Waals surface area contributed by atoms with Crippen LogP contribution < -0.4 is 10.1 Å². The van der Waals surface area contributed by atoms with Crippen molar-refractivity contribution < 1.29 is 10.1 Å². The van der Waals surface area contributed by atoms with Gasteiger partial charge in [0.1, 0.15) is 11.8 Å². The molecule has 0 saturated carbocycles. The summed E-state index contributed by atoms with van der Waals surface area (Å²) in [4.78, 5) is 1.45. The Bertz CT molecular complexity index is 796. The molecule has 0 radical (unpaired) electrons. The molecule has 0 fully saturated rings. The summed E-state index contributed by atoms with van der Waals surface area (Å²) >= 11 is 1.85. The highest BCUT2D eigenvalue weighted by Crippen LogP contribution is 2.26. The van der Waals surface area contributed by atoms with Gasteiger partial charge in [0.2, 0.25) is 0 Å². The molecule has 2 N–H and O–H groups in total. The summed E-state index contributed by atoms with van der Waals surface area (Å²) < 4.78 is 5.82. The zero-order valence-corrected chi connectivity index (χ0v) is 18.0. The van der Waals surface area contributed by atoms with Gasteiger partial charge in [-0.3, -0.25) is 0 Å². The summed E-state index contributed by atoms with van der Waals surface area (Å²) in [5.41, 5.74) is 2.80. The fraction of sp³-hybridized carbons (Fsp3) is 0.360. The molecule has 2 aromatic carbocycles. The predicted molar refractivity (Wildman–Crippen MR) is 119 cm³/mol. The molecule has 0 aliphatic heterocycles. The van der Waals surface area contributed by atoms with E-state index in [4.69, 9.17) is 4.74 Å². The minimum Gasteiger partial charge on any atom is -0.491 e. The number of nitrogens with two attached hydrogens (primary N) is 1. The van der Waals surface area contributed by atoms with Gasteiger partial charge in [-0.2, -0.15) is 0 Å². The molecule has 0 amide bonds. The van der Waals surface area contributed by atoms with E-state index in [1.807, 2.05) is 11.3 Å². The number of quaternary nitrogens is 1. The van der Waals surface area contributed by atoms with Gasteiger partial charge in [-0.1, -0.05) is 48.5 Å². The van der Waals surface area contributed by atoms with Crippen molar-refractivity contribution in [1.29, 1.82) is 0 Å². The van der Waals surface area contributed by atoms with Gasteiger partial charge in [-0.05, 0) is 67.8 Å². The van der Waals surface area contributed by atoms with Gasteiger partial charge in [-0.25, -0.2) is 0 Å². The molecule has 0 saturated heterocycles. The summed E-state index contributed by atoms with van der Waals surface area (Å²) in [5, 5.41) is 4.64. The topological polar surface area (TPSA) is 25.8 Å². The summed E-state index contributed by atoms with van der Waals surface area (Å²) in [5.74, 6) is 1.47. The third-order valence-corrected chi connectivity index (χ3v) is 6.15.